The van der Waals surface area contributed by atoms with Crippen molar-refractivity contribution in [3.05, 3.63) is 87.4 Å². The smallest absolute Gasteiger partial charge is 0.322 e. The predicted molar refractivity (Wildman–Crippen MR) is 141 cm³/mol. The zero-order valence-corrected chi connectivity index (χ0v) is 21.4. The van der Waals surface area contributed by atoms with Gasteiger partial charge in [0.2, 0.25) is 5.91 Å². The summed E-state index contributed by atoms with van der Waals surface area (Å²) in [5.74, 6) is -0.226. The first-order chi connectivity index (χ1) is 17.4. The molecule has 2 atom stereocenters. The number of fused-ring (bicyclic) bond motifs is 1. The molecule has 0 radical (unpaired) electrons. The number of para-hydroxylation sites is 1. The number of urea groups is 1. The zero-order chi connectivity index (χ0) is 25.2. The zero-order valence-electron chi connectivity index (χ0n) is 20.6. The summed E-state index contributed by atoms with van der Waals surface area (Å²) in [5.41, 5.74) is 3.84. The van der Waals surface area contributed by atoms with Crippen LogP contribution in [-0.4, -0.2) is 65.4 Å². The summed E-state index contributed by atoms with van der Waals surface area (Å²) in [6, 6.07) is 16.1. The fourth-order valence-corrected chi connectivity index (χ4v) is 6.17. The molecule has 188 valence electrons. The minimum absolute atomic E-state index is 0.0425. The Morgan fingerprint density at radius 1 is 1.08 bits per heavy atom. The van der Waals surface area contributed by atoms with Crippen LogP contribution in [0.2, 0.25) is 0 Å². The fourth-order valence-electron chi connectivity index (χ4n) is 5.27. The molecule has 1 fully saturated rings. The van der Waals surface area contributed by atoms with Crippen molar-refractivity contribution < 1.29 is 14.0 Å². The lowest BCUT2D eigenvalue weighted by Crippen LogP contribution is -2.58. The number of rotatable bonds is 4. The van der Waals surface area contributed by atoms with Gasteiger partial charge < -0.3 is 15.1 Å². The van der Waals surface area contributed by atoms with E-state index in [2.05, 4.69) is 21.7 Å². The van der Waals surface area contributed by atoms with Crippen molar-refractivity contribution in [3.8, 4) is 0 Å². The number of nitrogens with one attached hydrogen (secondary N) is 1. The molecule has 0 spiro atoms. The minimum Gasteiger partial charge on any atom is -0.338 e. The number of amides is 3. The maximum absolute atomic E-state index is 14.1. The molecule has 1 aromatic heterocycles. The number of carbonyl (C=O) groups excluding carboxylic acids is 2. The lowest BCUT2D eigenvalue weighted by Gasteiger charge is -2.41. The molecule has 1 N–H and O–H groups in total. The quantitative estimate of drug-likeness (QED) is 0.547. The van der Waals surface area contributed by atoms with E-state index in [9.17, 15) is 14.0 Å². The van der Waals surface area contributed by atoms with Gasteiger partial charge in [-0.05, 0) is 66.6 Å². The molecule has 3 aromatic rings. The Balaban J connectivity index is 1.25. The Labute approximate surface area is 215 Å². The van der Waals surface area contributed by atoms with Gasteiger partial charge in [0.25, 0.3) is 0 Å². The van der Waals surface area contributed by atoms with Gasteiger partial charge in [0.05, 0.1) is 12.6 Å². The van der Waals surface area contributed by atoms with Crippen LogP contribution in [0.5, 0.6) is 0 Å². The Morgan fingerprint density at radius 3 is 2.69 bits per heavy atom. The van der Waals surface area contributed by atoms with E-state index in [0.29, 0.717) is 19.6 Å². The molecule has 3 heterocycles. The Morgan fingerprint density at radius 2 is 1.92 bits per heavy atom. The third-order valence-electron chi connectivity index (χ3n) is 7.20. The van der Waals surface area contributed by atoms with Crippen molar-refractivity contribution in [2.75, 3.05) is 38.0 Å². The molecular weight excluding hydrogens is 475 g/mol. The summed E-state index contributed by atoms with van der Waals surface area (Å²) in [5, 5.41) is 5.08. The van der Waals surface area contributed by atoms with Gasteiger partial charge in [-0.25, -0.2) is 9.18 Å². The van der Waals surface area contributed by atoms with Gasteiger partial charge in [-0.2, -0.15) is 0 Å². The van der Waals surface area contributed by atoms with Crippen LogP contribution in [0.3, 0.4) is 0 Å². The summed E-state index contributed by atoms with van der Waals surface area (Å²) in [4.78, 5) is 33.4. The van der Waals surface area contributed by atoms with Crippen LogP contribution in [0, 0.1) is 12.7 Å². The SMILES string of the molecule is Cc1ccccc1NC(=O)N1CCN(C(=O)CN2CCc3sccc3[C@H]2c2cccc(F)c2)C[C@H]1C. The van der Waals surface area contributed by atoms with Crippen molar-refractivity contribution in [2.45, 2.75) is 32.4 Å². The molecule has 2 aliphatic heterocycles. The maximum Gasteiger partial charge on any atom is 0.322 e. The van der Waals surface area contributed by atoms with Gasteiger partial charge in [0, 0.05) is 42.8 Å². The van der Waals surface area contributed by atoms with Crippen molar-refractivity contribution >= 4 is 29.0 Å². The highest BCUT2D eigenvalue weighted by atomic mass is 32.1. The highest BCUT2D eigenvalue weighted by Crippen LogP contribution is 2.37. The number of aryl methyl sites for hydroxylation is 1. The van der Waals surface area contributed by atoms with Gasteiger partial charge in [0.1, 0.15) is 5.82 Å². The largest absolute Gasteiger partial charge is 0.338 e. The average molecular weight is 507 g/mol. The van der Waals surface area contributed by atoms with Crippen LogP contribution < -0.4 is 5.32 Å². The molecule has 36 heavy (non-hydrogen) atoms. The molecule has 1 saturated heterocycles. The lowest BCUT2D eigenvalue weighted by molar-refractivity contribution is -0.135. The second-order valence-electron chi connectivity index (χ2n) is 9.60. The van der Waals surface area contributed by atoms with E-state index >= 15 is 0 Å². The van der Waals surface area contributed by atoms with Gasteiger partial charge >= 0.3 is 6.03 Å². The number of carbonyl (C=O) groups is 2. The highest BCUT2D eigenvalue weighted by Gasteiger charge is 2.34. The van der Waals surface area contributed by atoms with Crippen molar-refractivity contribution in [1.29, 1.82) is 0 Å². The van der Waals surface area contributed by atoms with Crippen LogP contribution in [-0.2, 0) is 11.2 Å². The third-order valence-corrected chi connectivity index (χ3v) is 8.19. The van der Waals surface area contributed by atoms with Gasteiger partial charge in [0.15, 0.2) is 0 Å². The lowest BCUT2D eigenvalue weighted by atomic mass is 9.93. The molecular formula is C28H31FN4O2S. The number of nitrogens with zero attached hydrogens (tertiary/aromatic N) is 3. The monoisotopic (exact) mass is 506 g/mol. The fraction of sp³-hybridized carbons (Fsp3) is 0.357. The maximum atomic E-state index is 14.1. The van der Waals surface area contributed by atoms with Crippen LogP contribution in [0.15, 0.2) is 60.0 Å². The number of halogens is 1. The van der Waals surface area contributed by atoms with Gasteiger partial charge in [-0.3, -0.25) is 9.69 Å². The molecule has 2 aliphatic rings. The highest BCUT2D eigenvalue weighted by molar-refractivity contribution is 7.10. The second-order valence-corrected chi connectivity index (χ2v) is 10.6. The van der Waals surface area contributed by atoms with Crippen LogP contribution >= 0.6 is 11.3 Å². The molecule has 6 nitrogen and oxygen atoms in total. The minimum atomic E-state index is -0.268. The van der Waals surface area contributed by atoms with Crippen LogP contribution in [0.4, 0.5) is 14.9 Å². The molecule has 0 saturated carbocycles. The molecule has 2 aromatic carbocycles. The summed E-state index contributed by atoms with van der Waals surface area (Å²) >= 11 is 1.72. The van der Waals surface area contributed by atoms with Gasteiger partial charge in [-0.1, -0.05) is 30.3 Å². The number of piperazine rings is 1. The summed E-state index contributed by atoms with van der Waals surface area (Å²) in [6.45, 7) is 6.41. The Hall–Kier alpha value is -3.23. The van der Waals surface area contributed by atoms with Crippen molar-refractivity contribution in [1.82, 2.24) is 14.7 Å². The first-order valence-corrected chi connectivity index (χ1v) is 13.3. The molecule has 3 amide bonds. The molecule has 0 unspecified atom stereocenters. The van der Waals surface area contributed by atoms with E-state index in [1.54, 1.807) is 28.4 Å². The first kappa shape index (κ1) is 24.5. The Bertz CT molecular complexity index is 1260. The number of hydrogen-bond acceptors (Lipinski definition) is 4. The standard InChI is InChI=1S/C28H31FN4O2S/c1-19-6-3-4-9-24(19)30-28(35)33-14-13-31(17-20(33)2)26(34)18-32-12-10-25-23(11-15-36-25)27(32)21-7-5-8-22(29)16-21/h3-9,11,15-16,20,27H,10,12-14,17-18H2,1-2H3,(H,30,35)/t20-,27-/m1/s1. The Kier molecular flexibility index (Phi) is 7.07. The first-order valence-electron chi connectivity index (χ1n) is 12.4. The van der Waals surface area contributed by atoms with E-state index in [-0.39, 0.29) is 36.4 Å². The molecule has 0 bridgehead atoms. The predicted octanol–water partition coefficient (Wildman–Crippen LogP) is 4.91. The van der Waals surface area contributed by atoms with E-state index < -0.39 is 0 Å². The number of benzene rings is 2. The van der Waals surface area contributed by atoms with Crippen molar-refractivity contribution in [2.24, 2.45) is 0 Å². The normalized spacial score (nSPS) is 20.2. The molecule has 8 heteroatoms. The third kappa shape index (κ3) is 5.01. The topological polar surface area (TPSA) is 55.9 Å². The van der Waals surface area contributed by atoms with E-state index in [1.165, 1.54) is 10.9 Å². The van der Waals surface area contributed by atoms with E-state index in [1.807, 2.05) is 49.1 Å². The summed E-state index contributed by atoms with van der Waals surface area (Å²) < 4.78 is 14.1. The van der Waals surface area contributed by atoms with E-state index in [4.69, 9.17) is 0 Å². The van der Waals surface area contributed by atoms with Crippen molar-refractivity contribution in [3.63, 3.8) is 0 Å². The van der Waals surface area contributed by atoms with E-state index in [0.717, 1.165) is 35.3 Å². The molecule has 5 rings (SSSR count). The number of hydrogen-bond donors (Lipinski definition) is 1. The summed E-state index contributed by atoms with van der Waals surface area (Å²) in [7, 11) is 0. The van der Waals surface area contributed by atoms with Crippen LogP contribution in [0.25, 0.3) is 0 Å². The number of anilines is 1. The second kappa shape index (κ2) is 10.4. The van der Waals surface area contributed by atoms with Crippen LogP contribution in [0.1, 0.15) is 34.5 Å². The average Bonchev–Trinajstić information content (AvgIpc) is 3.34. The summed E-state index contributed by atoms with van der Waals surface area (Å²) in [6.07, 6.45) is 0.884. The number of thiophene rings is 1. The van der Waals surface area contributed by atoms with Gasteiger partial charge in [-0.15, -0.1) is 11.3 Å². The molecule has 0 aliphatic carbocycles.